The maximum atomic E-state index is 12.8. The third kappa shape index (κ3) is 4.63. The van der Waals surface area contributed by atoms with Gasteiger partial charge in [0.05, 0.1) is 11.8 Å². The quantitative estimate of drug-likeness (QED) is 0.367. The van der Waals surface area contributed by atoms with Crippen LogP contribution in [0.2, 0.25) is 0 Å². The predicted octanol–water partition coefficient (Wildman–Crippen LogP) is 4.65. The van der Waals surface area contributed by atoms with Crippen LogP contribution in [-0.4, -0.2) is 55.0 Å². The second-order valence-electron chi connectivity index (χ2n) is 8.92. The molecule has 0 N–H and O–H groups in total. The van der Waals surface area contributed by atoms with Gasteiger partial charge in [0, 0.05) is 31.7 Å². The van der Waals surface area contributed by atoms with Crippen molar-refractivity contribution in [2.45, 2.75) is 36.5 Å². The first-order chi connectivity index (χ1) is 15.9. The number of alkyl halides is 3. The standard InChI is InChI=1S/C23H25F3N6S/c1-31-20(19-14-27-8-9-28-19)29-30-21(31)33-12-2-10-32-11-7-22(15-32)13-18(22)16-3-5-17(6-4-16)23(24,25)26/h3-6,8-9,14,18H,2,7,10-13,15H2,1H3/t18-,22-/m1/s1. The zero-order valence-electron chi connectivity index (χ0n) is 18.3. The highest BCUT2D eigenvalue weighted by atomic mass is 32.2. The van der Waals surface area contributed by atoms with Crippen molar-refractivity contribution in [3.8, 4) is 11.5 Å². The molecule has 1 aliphatic carbocycles. The van der Waals surface area contributed by atoms with Crippen molar-refractivity contribution < 1.29 is 13.2 Å². The SMILES string of the molecule is Cn1c(SCCCN2CC[C@@]3(C[C@@H]3c3ccc(C(F)(F)F)cc3)C2)nnc1-c1cnccn1. The van der Waals surface area contributed by atoms with Crippen LogP contribution in [0, 0.1) is 5.41 Å². The Hall–Kier alpha value is -2.46. The fourth-order valence-electron chi connectivity index (χ4n) is 4.88. The summed E-state index contributed by atoms with van der Waals surface area (Å²) in [4.78, 5) is 10.9. The number of thioether (sulfide) groups is 1. The number of rotatable bonds is 7. The molecule has 174 valence electrons. The van der Waals surface area contributed by atoms with E-state index in [-0.39, 0.29) is 5.41 Å². The van der Waals surface area contributed by atoms with Gasteiger partial charge in [-0.15, -0.1) is 10.2 Å². The monoisotopic (exact) mass is 474 g/mol. The van der Waals surface area contributed by atoms with E-state index in [0.29, 0.717) is 17.4 Å². The second-order valence-corrected chi connectivity index (χ2v) is 9.98. The average Bonchev–Trinajstić information content (AvgIpc) is 3.15. The number of benzene rings is 1. The summed E-state index contributed by atoms with van der Waals surface area (Å²) in [6.45, 7) is 3.11. The lowest BCUT2D eigenvalue weighted by atomic mass is 9.97. The Morgan fingerprint density at radius 1 is 1.15 bits per heavy atom. The highest BCUT2D eigenvalue weighted by Gasteiger charge is 2.57. The summed E-state index contributed by atoms with van der Waals surface area (Å²) in [5.41, 5.74) is 1.43. The first kappa shape index (κ1) is 22.3. The van der Waals surface area contributed by atoms with Crippen LogP contribution in [0.1, 0.15) is 36.3 Å². The van der Waals surface area contributed by atoms with Gasteiger partial charge in [-0.05, 0) is 61.4 Å². The van der Waals surface area contributed by atoms with E-state index in [0.717, 1.165) is 55.4 Å². The van der Waals surface area contributed by atoms with E-state index in [1.807, 2.05) is 11.6 Å². The minimum Gasteiger partial charge on any atom is -0.304 e. The predicted molar refractivity (Wildman–Crippen MR) is 120 cm³/mol. The number of nitrogens with zero attached hydrogens (tertiary/aromatic N) is 6. The van der Waals surface area contributed by atoms with E-state index in [2.05, 4.69) is 25.1 Å². The smallest absolute Gasteiger partial charge is 0.304 e. The van der Waals surface area contributed by atoms with Crippen LogP contribution >= 0.6 is 11.8 Å². The van der Waals surface area contributed by atoms with Crippen molar-refractivity contribution in [3.05, 3.63) is 54.0 Å². The molecule has 3 aromatic rings. The van der Waals surface area contributed by atoms with Crippen LogP contribution < -0.4 is 0 Å². The van der Waals surface area contributed by atoms with E-state index >= 15 is 0 Å². The molecule has 1 aromatic carbocycles. The molecule has 2 aromatic heterocycles. The van der Waals surface area contributed by atoms with E-state index in [9.17, 15) is 13.2 Å². The van der Waals surface area contributed by atoms with Gasteiger partial charge in [0.25, 0.3) is 0 Å². The molecule has 0 amide bonds. The Kier molecular flexibility index (Phi) is 5.90. The van der Waals surface area contributed by atoms with Crippen molar-refractivity contribution in [1.29, 1.82) is 0 Å². The molecule has 5 rings (SSSR count). The van der Waals surface area contributed by atoms with Crippen molar-refractivity contribution in [2.24, 2.45) is 12.5 Å². The van der Waals surface area contributed by atoms with E-state index in [1.54, 1.807) is 42.5 Å². The molecular formula is C23H25F3N6S. The van der Waals surface area contributed by atoms with Crippen LogP contribution in [-0.2, 0) is 13.2 Å². The summed E-state index contributed by atoms with van der Waals surface area (Å²) in [7, 11) is 1.94. The minimum atomic E-state index is -4.27. The fraction of sp³-hybridized carbons (Fsp3) is 0.478. The molecule has 0 radical (unpaired) electrons. The lowest BCUT2D eigenvalue weighted by molar-refractivity contribution is -0.137. The largest absolute Gasteiger partial charge is 0.416 e. The van der Waals surface area contributed by atoms with Crippen molar-refractivity contribution in [2.75, 3.05) is 25.4 Å². The summed E-state index contributed by atoms with van der Waals surface area (Å²) >= 11 is 1.68. The molecule has 1 spiro atoms. The lowest BCUT2D eigenvalue weighted by Crippen LogP contribution is -2.23. The van der Waals surface area contributed by atoms with E-state index < -0.39 is 11.7 Å². The second kappa shape index (κ2) is 8.72. The first-order valence-electron chi connectivity index (χ1n) is 11.0. The number of hydrogen-bond acceptors (Lipinski definition) is 6. The van der Waals surface area contributed by atoms with Crippen molar-refractivity contribution in [1.82, 2.24) is 29.6 Å². The molecule has 0 bridgehead atoms. The van der Waals surface area contributed by atoms with Crippen molar-refractivity contribution >= 4 is 11.8 Å². The highest BCUT2D eigenvalue weighted by molar-refractivity contribution is 7.99. The molecule has 2 fully saturated rings. The van der Waals surface area contributed by atoms with Gasteiger partial charge in [0.1, 0.15) is 5.69 Å². The Balaban J connectivity index is 1.09. The van der Waals surface area contributed by atoms with Crippen LogP contribution in [0.4, 0.5) is 13.2 Å². The summed E-state index contributed by atoms with van der Waals surface area (Å²) in [6, 6.07) is 5.76. The Morgan fingerprint density at radius 2 is 1.97 bits per heavy atom. The van der Waals surface area contributed by atoms with Gasteiger partial charge in [-0.2, -0.15) is 13.2 Å². The normalized spacial score (nSPS) is 22.8. The van der Waals surface area contributed by atoms with Gasteiger partial charge in [0.15, 0.2) is 11.0 Å². The minimum absolute atomic E-state index is 0.252. The highest BCUT2D eigenvalue weighted by Crippen LogP contribution is 2.64. The summed E-state index contributed by atoms with van der Waals surface area (Å²) in [6.07, 6.45) is 3.91. The number of hydrogen-bond donors (Lipinski definition) is 0. The van der Waals surface area contributed by atoms with Crippen LogP contribution in [0.5, 0.6) is 0 Å². The Morgan fingerprint density at radius 3 is 2.70 bits per heavy atom. The van der Waals surface area contributed by atoms with Gasteiger partial charge in [-0.3, -0.25) is 4.98 Å². The maximum absolute atomic E-state index is 12.8. The maximum Gasteiger partial charge on any atom is 0.416 e. The van der Waals surface area contributed by atoms with Crippen molar-refractivity contribution in [3.63, 3.8) is 0 Å². The number of aromatic nitrogens is 5. The van der Waals surface area contributed by atoms with Gasteiger partial charge < -0.3 is 9.47 Å². The molecule has 1 saturated carbocycles. The first-order valence-corrected chi connectivity index (χ1v) is 12.0. The number of halogens is 3. The van der Waals surface area contributed by atoms with E-state index in [4.69, 9.17) is 0 Å². The van der Waals surface area contributed by atoms with Crippen LogP contribution in [0.15, 0.2) is 48.0 Å². The summed E-state index contributed by atoms with van der Waals surface area (Å²) in [5.74, 6) is 2.03. The van der Waals surface area contributed by atoms with Gasteiger partial charge in [-0.25, -0.2) is 4.98 Å². The molecule has 3 heterocycles. The summed E-state index contributed by atoms with van der Waals surface area (Å²) in [5, 5.41) is 9.39. The molecule has 10 heteroatoms. The molecule has 1 aliphatic heterocycles. The molecule has 1 saturated heterocycles. The van der Waals surface area contributed by atoms with Gasteiger partial charge >= 0.3 is 6.18 Å². The fourth-order valence-corrected chi connectivity index (χ4v) is 5.71. The van der Waals surface area contributed by atoms with Crippen LogP contribution in [0.25, 0.3) is 11.5 Å². The zero-order valence-corrected chi connectivity index (χ0v) is 19.1. The molecule has 0 unspecified atom stereocenters. The topological polar surface area (TPSA) is 59.7 Å². The number of likely N-dealkylation sites (tertiary alicyclic amines) is 1. The van der Waals surface area contributed by atoms with E-state index in [1.165, 1.54) is 12.1 Å². The zero-order chi connectivity index (χ0) is 23.1. The third-order valence-corrected chi connectivity index (χ3v) is 7.88. The molecule has 2 aliphatic rings. The van der Waals surface area contributed by atoms with Gasteiger partial charge in [-0.1, -0.05) is 23.9 Å². The van der Waals surface area contributed by atoms with Gasteiger partial charge in [0.2, 0.25) is 0 Å². The molecule has 33 heavy (non-hydrogen) atoms. The Labute approximate surface area is 194 Å². The molecule has 2 atom stereocenters. The third-order valence-electron chi connectivity index (χ3n) is 6.77. The molecular weight excluding hydrogens is 449 g/mol. The molecule has 6 nitrogen and oxygen atoms in total. The average molecular weight is 475 g/mol. The Bertz CT molecular complexity index is 1100. The summed E-state index contributed by atoms with van der Waals surface area (Å²) < 4.78 is 40.4. The van der Waals surface area contributed by atoms with Crippen LogP contribution in [0.3, 0.4) is 0 Å². The lowest BCUT2D eigenvalue weighted by Gasteiger charge is -2.16.